The summed E-state index contributed by atoms with van der Waals surface area (Å²) in [5.41, 5.74) is 6.80. The van der Waals surface area contributed by atoms with E-state index in [1.54, 1.807) is 0 Å². The van der Waals surface area contributed by atoms with Crippen molar-refractivity contribution >= 4 is 21.8 Å². The van der Waals surface area contributed by atoms with Crippen LogP contribution in [-0.4, -0.2) is 14.5 Å². The fraction of sp³-hybridized carbons (Fsp3) is 0.120. The molecule has 0 N–H and O–H groups in total. The third-order valence-electron chi connectivity index (χ3n) is 5.17. The standard InChI is InChI=1S/C25H21N3/c1-16-7-6-8-19(13-16)25-26-18(3)15-24(27-25)28-22-10-5-4-9-20(22)21-14-17(2)11-12-23(21)28/h4-15H,1-3H3. The number of rotatable bonds is 2. The van der Waals surface area contributed by atoms with Crippen molar-refractivity contribution in [2.45, 2.75) is 20.8 Å². The largest absolute Gasteiger partial charge is 0.294 e. The number of hydrogen-bond donors (Lipinski definition) is 0. The van der Waals surface area contributed by atoms with Crippen molar-refractivity contribution < 1.29 is 0 Å². The zero-order valence-electron chi connectivity index (χ0n) is 16.3. The average Bonchev–Trinajstić information content (AvgIpc) is 3.01. The molecular formula is C25H21N3. The zero-order chi connectivity index (χ0) is 19.3. The van der Waals surface area contributed by atoms with Gasteiger partial charge in [0.25, 0.3) is 0 Å². The first-order valence-electron chi connectivity index (χ1n) is 9.53. The molecule has 0 saturated carbocycles. The van der Waals surface area contributed by atoms with Crippen LogP contribution in [0.15, 0.2) is 72.8 Å². The topological polar surface area (TPSA) is 30.7 Å². The van der Waals surface area contributed by atoms with E-state index < -0.39 is 0 Å². The summed E-state index contributed by atoms with van der Waals surface area (Å²) in [7, 11) is 0. The first-order valence-corrected chi connectivity index (χ1v) is 9.53. The lowest BCUT2D eigenvalue weighted by Crippen LogP contribution is -2.02. The minimum absolute atomic E-state index is 0.761. The maximum Gasteiger partial charge on any atom is 0.161 e. The van der Waals surface area contributed by atoms with Crippen molar-refractivity contribution in [1.82, 2.24) is 14.5 Å². The Balaban J connectivity index is 1.83. The van der Waals surface area contributed by atoms with Gasteiger partial charge in [-0.3, -0.25) is 4.57 Å². The lowest BCUT2D eigenvalue weighted by Gasteiger charge is -2.10. The molecule has 0 unspecified atom stereocenters. The molecule has 3 nitrogen and oxygen atoms in total. The van der Waals surface area contributed by atoms with E-state index >= 15 is 0 Å². The van der Waals surface area contributed by atoms with Crippen LogP contribution in [0, 0.1) is 20.8 Å². The van der Waals surface area contributed by atoms with Crippen molar-refractivity contribution in [2.75, 3.05) is 0 Å². The van der Waals surface area contributed by atoms with E-state index in [0.29, 0.717) is 0 Å². The monoisotopic (exact) mass is 363 g/mol. The number of para-hydroxylation sites is 1. The highest BCUT2D eigenvalue weighted by molar-refractivity contribution is 6.09. The van der Waals surface area contributed by atoms with Crippen LogP contribution in [0.5, 0.6) is 0 Å². The molecule has 0 atom stereocenters. The van der Waals surface area contributed by atoms with Crippen LogP contribution in [0.1, 0.15) is 16.8 Å². The second-order valence-electron chi connectivity index (χ2n) is 7.43. The summed E-state index contributed by atoms with van der Waals surface area (Å²) in [5, 5.41) is 2.50. The van der Waals surface area contributed by atoms with Crippen LogP contribution >= 0.6 is 0 Å². The molecule has 0 aliphatic rings. The Morgan fingerprint density at radius 3 is 2.29 bits per heavy atom. The summed E-state index contributed by atoms with van der Waals surface area (Å²) in [6.07, 6.45) is 0. The van der Waals surface area contributed by atoms with Crippen molar-refractivity contribution in [1.29, 1.82) is 0 Å². The summed E-state index contributed by atoms with van der Waals surface area (Å²) < 4.78 is 2.25. The Bertz CT molecular complexity index is 1350. The maximum atomic E-state index is 4.96. The molecule has 0 saturated heterocycles. The third kappa shape index (κ3) is 2.67. The van der Waals surface area contributed by atoms with Gasteiger partial charge in [0.1, 0.15) is 5.82 Å². The van der Waals surface area contributed by atoms with Gasteiger partial charge in [-0.15, -0.1) is 0 Å². The normalized spacial score (nSPS) is 11.4. The Kier molecular flexibility index (Phi) is 3.76. The lowest BCUT2D eigenvalue weighted by molar-refractivity contribution is 1.02. The van der Waals surface area contributed by atoms with E-state index in [-0.39, 0.29) is 0 Å². The number of aromatic nitrogens is 3. The molecular weight excluding hydrogens is 342 g/mol. The number of aryl methyl sites for hydroxylation is 3. The zero-order valence-corrected chi connectivity index (χ0v) is 16.3. The van der Waals surface area contributed by atoms with Gasteiger partial charge in [0.15, 0.2) is 5.82 Å². The molecule has 0 spiro atoms. The molecule has 0 aliphatic heterocycles. The van der Waals surface area contributed by atoms with E-state index in [0.717, 1.165) is 28.4 Å². The van der Waals surface area contributed by atoms with Crippen LogP contribution in [0.4, 0.5) is 0 Å². The highest BCUT2D eigenvalue weighted by Gasteiger charge is 2.14. The lowest BCUT2D eigenvalue weighted by atomic mass is 10.1. The van der Waals surface area contributed by atoms with E-state index in [9.17, 15) is 0 Å². The number of fused-ring (bicyclic) bond motifs is 3. The predicted molar refractivity (Wildman–Crippen MR) is 116 cm³/mol. The minimum Gasteiger partial charge on any atom is -0.294 e. The van der Waals surface area contributed by atoms with Crippen LogP contribution in [0.25, 0.3) is 39.0 Å². The summed E-state index contributed by atoms with van der Waals surface area (Å²) in [6, 6.07) is 25.5. The molecule has 5 rings (SSSR count). The Morgan fingerprint density at radius 1 is 0.643 bits per heavy atom. The number of nitrogens with zero attached hydrogens (tertiary/aromatic N) is 3. The minimum atomic E-state index is 0.761. The van der Waals surface area contributed by atoms with Gasteiger partial charge in [-0.05, 0) is 45.0 Å². The molecule has 28 heavy (non-hydrogen) atoms. The van der Waals surface area contributed by atoms with E-state index in [1.165, 1.54) is 27.4 Å². The SMILES string of the molecule is Cc1cccc(-c2nc(C)cc(-n3c4ccccc4c4cc(C)ccc43)n2)c1. The first kappa shape index (κ1) is 16.7. The second-order valence-corrected chi connectivity index (χ2v) is 7.43. The summed E-state index contributed by atoms with van der Waals surface area (Å²) in [4.78, 5) is 9.67. The van der Waals surface area contributed by atoms with Gasteiger partial charge in [-0.25, -0.2) is 9.97 Å². The van der Waals surface area contributed by atoms with Gasteiger partial charge >= 0.3 is 0 Å². The quantitative estimate of drug-likeness (QED) is 0.376. The van der Waals surface area contributed by atoms with Crippen LogP contribution in [-0.2, 0) is 0 Å². The van der Waals surface area contributed by atoms with Gasteiger partial charge < -0.3 is 0 Å². The van der Waals surface area contributed by atoms with Gasteiger partial charge in [-0.1, -0.05) is 53.6 Å². The number of hydrogen-bond acceptors (Lipinski definition) is 2. The van der Waals surface area contributed by atoms with Gasteiger partial charge in [0.2, 0.25) is 0 Å². The Morgan fingerprint density at radius 2 is 1.43 bits per heavy atom. The van der Waals surface area contributed by atoms with Crippen LogP contribution in [0.2, 0.25) is 0 Å². The molecule has 2 heterocycles. The van der Waals surface area contributed by atoms with Crippen LogP contribution in [0.3, 0.4) is 0 Å². The fourth-order valence-corrected chi connectivity index (χ4v) is 3.91. The van der Waals surface area contributed by atoms with Crippen LogP contribution < -0.4 is 0 Å². The van der Waals surface area contributed by atoms with Crippen molar-refractivity contribution in [3.63, 3.8) is 0 Å². The molecule has 0 fully saturated rings. The van der Waals surface area contributed by atoms with Gasteiger partial charge in [-0.2, -0.15) is 0 Å². The molecule has 0 amide bonds. The van der Waals surface area contributed by atoms with Gasteiger partial charge in [0.05, 0.1) is 11.0 Å². The molecule has 2 aromatic heterocycles. The predicted octanol–water partition coefficient (Wildman–Crippen LogP) is 6.17. The molecule has 3 aromatic carbocycles. The average molecular weight is 363 g/mol. The van der Waals surface area contributed by atoms with Crippen molar-refractivity contribution in [3.05, 3.63) is 89.6 Å². The third-order valence-corrected chi connectivity index (χ3v) is 5.17. The Hall–Kier alpha value is -3.46. The molecule has 136 valence electrons. The molecule has 3 heteroatoms. The summed E-state index contributed by atoms with van der Waals surface area (Å²) >= 11 is 0. The second kappa shape index (κ2) is 6.31. The van der Waals surface area contributed by atoms with E-state index in [1.807, 2.05) is 6.92 Å². The Labute approximate surface area is 164 Å². The summed E-state index contributed by atoms with van der Waals surface area (Å²) in [6.45, 7) is 6.26. The highest BCUT2D eigenvalue weighted by atomic mass is 15.1. The molecule has 5 aromatic rings. The van der Waals surface area contributed by atoms with Crippen molar-refractivity contribution in [2.24, 2.45) is 0 Å². The smallest absolute Gasteiger partial charge is 0.161 e. The molecule has 0 bridgehead atoms. The van der Waals surface area contributed by atoms with Gasteiger partial charge in [0, 0.05) is 28.1 Å². The van der Waals surface area contributed by atoms with E-state index in [4.69, 9.17) is 9.97 Å². The first-order chi connectivity index (χ1) is 13.6. The fourth-order valence-electron chi connectivity index (χ4n) is 3.91. The van der Waals surface area contributed by atoms with Crippen molar-refractivity contribution in [3.8, 4) is 17.2 Å². The summed E-state index contributed by atoms with van der Waals surface area (Å²) in [5.74, 6) is 1.66. The number of benzene rings is 3. The maximum absolute atomic E-state index is 4.96. The van der Waals surface area contributed by atoms with E-state index in [2.05, 4.69) is 91.2 Å². The molecule has 0 aliphatic carbocycles. The molecule has 0 radical (unpaired) electrons. The highest BCUT2D eigenvalue weighted by Crippen LogP contribution is 2.32.